The molecule has 12 aromatic rings. The van der Waals surface area contributed by atoms with E-state index in [1.165, 1.54) is 32.6 Å². The van der Waals surface area contributed by atoms with E-state index < -0.39 is 0 Å². The van der Waals surface area contributed by atoms with Gasteiger partial charge >= 0.3 is 0 Å². The zero-order valence-corrected chi connectivity index (χ0v) is 31.2. The third-order valence-electron chi connectivity index (χ3n) is 11.4. The van der Waals surface area contributed by atoms with Gasteiger partial charge in [0.2, 0.25) is 5.89 Å². The van der Waals surface area contributed by atoms with Gasteiger partial charge < -0.3 is 18.3 Å². The fourth-order valence-corrected chi connectivity index (χ4v) is 8.76. The van der Waals surface area contributed by atoms with Crippen LogP contribution in [0.2, 0.25) is 0 Å². The molecule has 0 aliphatic rings. The molecule has 0 radical (unpaired) electrons. The normalized spacial score (nSPS) is 11.8. The number of furan rings is 1. The van der Waals surface area contributed by atoms with E-state index in [9.17, 15) is 0 Å². The largest absolute Gasteiger partial charge is 0.454 e. The lowest BCUT2D eigenvalue weighted by atomic mass is 10.0. The van der Waals surface area contributed by atoms with Gasteiger partial charge in [0.1, 0.15) is 11.1 Å². The van der Waals surface area contributed by atoms with Crippen LogP contribution in [0, 0.1) is 0 Å². The van der Waals surface area contributed by atoms with Crippen molar-refractivity contribution in [1.29, 1.82) is 0 Å². The predicted molar refractivity (Wildman–Crippen MR) is 239 cm³/mol. The number of anilines is 3. The van der Waals surface area contributed by atoms with Gasteiger partial charge in [0.25, 0.3) is 0 Å². The van der Waals surface area contributed by atoms with E-state index in [0.29, 0.717) is 11.5 Å². The molecule has 3 heterocycles. The molecule has 5 nitrogen and oxygen atoms in total. The number of hydrogen-bond donors (Lipinski definition) is 0. The number of para-hydroxylation sites is 4. The Morgan fingerprint density at radius 2 is 1.12 bits per heavy atom. The van der Waals surface area contributed by atoms with E-state index in [-0.39, 0.29) is 0 Å². The molecule has 9 aromatic carbocycles. The summed E-state index contributed by atoms with van der Waals surface area (Å²) in [6, 6.07) is 70.2. The van der Waals surface area contributed by atoms with Crippen LogP contribution in [0.15, 0.2) is 209 Å². The first-order valence-corrected chi connectivity index (χ1v) is 19.5. The quantitative estimate of drug-likeness (QED) is 0.170. The monoisotopic (exact) mass is 743 g/mol. The van der Waals surface area contributed by atoms with Crippen LogP contribution in [-0.4, -0.2) is 9.55 Å². The Bertz CT molecular complexity index is 3510. The molecule has 58 heavy (non-hydrogen) atoms. The average Bonchev–Trinajstić information content (AvgIpc) is 4.00. The summed E-state index contributed by atoms with van der Waals surface area (Å²) in [5.41, 5.74) is 12.6. The molecular formula is C53H33N3O2. The zero-order chi connectivity index (χ0) is 38.2. The lowest BCUT2D eigenvalue weighted by Gasteiger charge is -2.25. The molecule has 0 saturated carbocycles. The molecule has 0 amide bonds. The summed E-state index contributed by atoms with van der Waals surface area (Å²) in [6.07, 6.45) is 0. The minimum atomic E-state index is 0.580. The third kappa shape index (κ3) is 5.00. The van der Waals surface area contributed by atoms with Gasteiger partial charge in [0.05, 0.1) is 22.4 Å². The Morgan fingerprint density at radius 1 is 0.431 bits per heavy atom. The van der Waals surface area contributed by atoms with Gasteiger partial charge in [0.15, 0.2) is 11.2 Å². The molecule has 0 aliphatic carbocycles. The molecular weight excluding hydrogens is 711 g/mol. The van der Waals surface area contributed by atoms with Gasteiger partial charge in [-0.25, -0.2) is 4.98 Å². The molecule has 0 unspecified atom stereocenters. The summed E-state index contributed by atoms with van der Waals surface area (Å²) >= 11 is 0. The van der Waals surface area contributed by atoms with Gasteiger partial charge in [-0.15, -0.1) is 0 Å². The second-order valence-corrected chi connectivity index (χ2v) is 14.7. The van der Waals surface area contributed by atoms with Crippen molar-refractivity contribution in [2.45, 2.75) is 0 Å². The number of rotatable bonds is 6. The maximum atomic E-state index is 6.64. The molecule has 3 aromatic heterocycles. The van der Waals surface area contributed by atoms with Crippen LogP contribution in [0.5, 0.6) is 0 Å². The van der Waals surface area contributed by atoms with Crippen molar-refractivity contribution < 1.29 is 8.83 Å². The molecule has 0 N–H and O–H groups in total. The van der Waals surface area contributed by atoms with E-state index in [1.807, 2.05) is 54.6 Å². The summed E-state index contributed by atoms with van der Waals surface area (Å²) in [5, 5.41) is 7.13. The van der Waals surface area contributed by atoms with Crippen molar-refractivity contribution in [3.05, 3.63) is 200 Å². The van der Waals surface area contributed by atoms with Crippen LogP contribution in [-0.2, 0) is 0 Å². The number of fused-ring (bicyclic) bond motifs is 9. The highest BCUT2D eigenvalue weighted by Gasteiger charge is 2.24. The molecule has 0 fully saturated rings. The van der Waals surface area contributed by atoms with Crippen molar-refractivity contribution in [3.8, 4) is 28.3 Å². The standard InChI is InChI=1S/C53H33N3O2/c1-3-14-36(15-4-1)53-54-44-21-12-23-47(52(44)58-53)56(46-22-11-20-42-41-19-9-10-24-49(41)57-51(42)46)39-29-25-34(26-30-39)37-27-31-43-48(33-37)55(38-16-5-2-6-17-38)45-32-28-35-13-7-8-18-40(35)50(43)45/h1-33H. The van der Waals surface area contributed by atoms with Gasteiger partial charge in [-0.1, -0.05) is 127 Å². The Hall–Kier alpha value is -7.89. The summed E-state index contributed by atoms with van der Waals surface area (Å²) in [7, 11) is 0. The topological polar surface area (TPSA) is 47.3 Å². The number of hydrogen-bond acceptors (Lipinski definition) is 4. The van der Waals surface area contributed by atoms with E-state index >= 15 is 0 Å². The van der Waals surface area contributed by atoms with E-state index in [0.717, 1.165) is 66.9 Å². The third-order valence-corrected chi connectivity index (χ3v) is 11.4. The summed E-state index contributed by atoms with van der Waals surface area (Å²) < 4.78 is 15.7. The molecule has 12 rings (SSSR count). The first-order chi connectivity index (χ1) is 28.8. The summed E-state index contributed by atoms with van der Waals surface area (Å²) in [6.45, 7) is 0. The highest BCUT2D eigenvalue weighted by molar-refractivity contribution is 6.21. The highest BCUT2D eigenvalue weighted by atomic mass is 16.4. The van der Waals surface area contributed by atoms with Crippen molar-refractivity contribution in [2.24, 2.45) is 0 Å². The van der Waals surface area contributed by atoms with Gasteiger partial charge in [-0.2, -0.15) is 0 Å². The summed E-state index contributed by atoms with van der Waals surface area (Å²) in [5.74, 6) is 0.580. The second-order valence-electron chi connectivity index (χ2n) is 14.7. The van der Waals surface area contributed by atoms with Crippen molar-refractivity contribution in [3.63, 3.8) is 0 Å². The molecule has 0 saturated heterocycles. The fraction of sp³-hybridized carbons (Fsp3) is 0. The molecule has 272 valence electrons. The number of benzene rings is 9. The van der Waals surface area contributed by atoms with Crippen molar-refractivity contribution >= 4 is 82.7 Å². The lowest BCUT2D eigenvalue weighted by Crippen LogP contribution is -2.10. The minimum absolute atomic E-state index is 0.580. The van der Waals surface area contributed by atoms with E-state index in [1.54, 1.807) is 0 Å². The van der Waals surface area contributed by atoms with E-state index in [4.69, 9.17) is 13.8 Å². The SMILES string of the molecule is c1ccc(-c2nc3cccc(N(c4ccc(-c5ccc6c7c8ccccc8ccc7n(-c7ccccc7)c6c5)cc4)c4cccc5c4oc4ccccc45)c3o2)cc1. The van der Waals surface area contributed by atoms with Crippen LogP contribution in [0.3, 0.4) is 0 Å². The highest BCUT2D eigenvalue weighted by Crippen LogP contribution is 2.46. The van der Waals surface area contributed by atoms with Crippen LogP contribution in [0.4, 0.5) is 17.1 Å². The zero-order valence-electron chi connectivity index (χ0n) is 31.2. The number of aromatic nitrogens is 2. The van der Waals surface area contributed by atoms with Crippen molar-refractivity contribution in [2.75, 3.05) is 4.90 Å². The Kier molecular flexibility index (Phi) is 7.16. The fourth-order valence-electron chi connectivity index (χ4n) is 8.76. The molecule has 0 spiro atoms. The molecule has 0 aliphatic heterocycles. The molecule has 0 atom stereocenters. The minimum Gasteiger partial charge on any atom is -0.454 e. The van der Waals surface area contributed by atoms with Crippen LogP contribution < -0.4 is 4.90 Å². The Morgan fingerprint density at radius 3 is 1.97 bits per heavy atom. The van der Waals surface area contributed by atoms with Gasteiger partial charge in [-0.05, 0) is 94.7 Å². The van der Waals surface area contributed by atoms with Crippen LogP contribution >= 0.6 is 0 Å². The maximum Gasteiger partial charge on any atom is 0.227 e. The average molecular weight is 744 g/mol. The lowest BCUT2D eigenvalue weighted by molar-refractivity contribution is 0.620. The number of oxazole rings is 1. The Balaban J connectivity index is 1.04. The van der Waals surface area contributed by atoms with E-state index in [2.05, 4.69) is 155 Å². The smallest absolute Gasteiger partial charge is 0.227 e. The molecule has 0 bridgehead atoms. The van der Waals surface area contributed by atoms with Crippen LogP contribution in [0.1, 0.15) is 0 Å². The van der Waals surface area contributed by atoms with Crippen molar-refractivity contribution in [1.82, 2.24) is 9.55 Å². The second kappa shape index (κ2) is 12.8. The Labute approximate surface area is 333 Å². The van der Waals surface area contributed by atoms with Crippen LogP contribution in [0.25, 0.3) is 93.9 Å². The number of nitrogens with zero attached hydrogens (tertiary/aromatic N) is 3. The maximum absolute atomic E-state index is 6.64. The first-order valence-electron chi connectivity index (χ1n) is 19.5. The van der Waals surface area contributed by atoms with Gasteiger partial charge in [-0.3, -0.25) is 0 Å². The molecule has 5 heteroatoms. The first kappa shape index (κ1) is 32.4. The summed E-state index contributed by atoms with van der Waals surface area (Å²) in [4.78, 5) is 7.17. The predicted octanol–water partition coefficient (Wildman–Crippen LogP) is 14.8. The van der Waals surface area contributed by atoms with Gasteiger partial charge in [0, 0.05) is 38.5 Å².